The smallest absolute Gasteiger partial charge is 0.238 e. The molecule has 0 fully saturated rings. The van der Waals surface area contributed by atoms with Crippen molar-refractivity contribution in [3.8, 4) is 0 Å². The van der Waals surface area contributed by atoms with Gasteiger partial charge in [-0.25, -0.2) is 22.9 Å². The van der Waals surface area contributed by atoms with E-state index < -0.39 is 10.0 Å². The molecular formula is C18H20FN3O2S2. The number of halogens is 1. The number of fused-ring (bicyclic) bond motifs is 1. The van der Waals surface area contributed by atoms with Crippen molar-refractivity contribution in [1.82, 2.24) is 9.55 Å². The highest BCUT2D eigenvalue weighted by Gasteiger charge is 2.15. The number of aromatic nitrogens is 2. The number of rotatable bonds is 7. The lowest BCUT2D eigenvalue weighted by Crippen LogP contribution is -2.11. The number of thioether (sulfide) groups is 1. The van der Waals surface area contributed by atoms with Crippen LogP contribution in [0.3, 0.4) is 0 Å². The second-order valence-corrected chi connectivity index (χ2v) is 8.58. The van der Waals surface area contributed by atoms with Crippen LogP contribution in [0.1, 0.15) is 25.6 Å². The van der Waals surface area contributed by atoms with E-state index in [0.29, 0.717) is 11.3 Å². The van der Waals surface area contributed by atoms with Crippen molar-refractivity contribution >= 4 is 32.8 Å². The van der Waals surface area contributed by atoms with Crippen LogP contribution in [0.2, 0.25) is 0 Å². The standard InChI is InChI=1S/C18H20FN3O2S2/c1-2-3-10-22-17-9-8-15(26(20,23)24)11-16(17)21-18(22)12-25-14-6-4-13(19)5-7-14/h4-9,11H,2-3,10,12H2,1H3,(H2,20,23,24). The highest BCUT2D eigenvalue weighted by Crippen LogP contribution is 2.26. The molecule has 1 aromatic heterocycles. The van der Waals surface area contributed by atoms with Gasteiger partial charge >= 0.3 is 0 Å². The minimum atomic E-state index is -3.76. The number of nitrogens with zero attached hydrogens (tertiary/aromatic N) is 2. The van der Waals surface area contributed by atoms with Crippen molar-refractivity contribution in [2.24, 2.45) is 5.14 Å². The predicted octanol–water partition coefficient (Wildman–Crippen LogP) is 3.92. The van der Waals surface area contributed by atoms with Crippen LogP contribution in [0.25, 0.3) is 11.0 Å². The molecular weight excluding hydrogens is 373 g/mol. The van der Waals surface area contributed by atoms with Gasteiger partial charge < -0.3 is 4.57 Å². The molecule has 0 unspecified atom stereocenters. The number of primary sulfonamides is 1. The summed E-state index contributed by atoms with van der Waals surface area (Å²) in [5.74, 6) is 1.20. The molecule has 0 saturated carbocycles. The summed E-state index contributed by atoms with van der Waals surface area (Å²) in [6.07, 6.45) is 2.04. The summed E-state index contributed by atoms with van der Waals surface area (Å²) in [6, 6.07) is 11.1. The third kappa shape index (κ3) is 4.25. The normalized spacial score (nSPS) is 12.0. The molecule has 2 aromatic carbocycles. The van der Waals surface area contributed by atoms with Crippen LogP contribution >= 0.6 is 11.8 Å². The second kappa shape index (κ2) is 7.77. The Morgan fingerprint density at radius 3 is 2.58 bits per heavy atom. The topological polar surface area (TPSA) is 78.0 Å². The number of benzene rings is 2. The zero-order chi connectivity index (χ0) is 18.7. The van der Waals surface area contributed by atoms with Crippen LogP contribution in [0.4, 0.5) is 4.39 Å². The zero-order valence-electron chi connectivity index (χ0n) is 14.4. The van der Waals surface area contributed by atoms with Crippen LogP contribution in [0.15, 0.2) is 52.3 Å². The maximum atomic E-state index is 13.0. The Morgan fingerprint density at radius 1 is 1.19 bits per heavy atom. The highest BCUT2D eigenvalue weighted by atomic mass is 32.2. The van der Waals surface area contributed by atoms with E-state index in [2.05, 4.69) is 16.5 Å². The van der Waals surface area contributed by atoms with Crippen molar-refractivity contribution in [2.75, 3.05) is 0 Å². The average molecular weight is 394 g/mol. The Bertz CT molecular complexity index is 1010. The van der Waals surface area contributed by atoms with Gasteiger partial charge in [0, 0.05) is 11.4 Å². The third-order valence-corrected chi connectivity index (χ3v) is 5.96. The number of hydrogen-bond acceptors (Lipinski definition) is 4. The molecule has 0 atom stereocenters. The lowest BCUT2D eigenvalue weighted by molar-refractivity contribution is 0.598. The van der Waals surface area contributed by atoms with Gasteiger partial charge in [0.05, 0.1) is 21.7 Å². The molecule has 8 heteroatoms. The lowest BCUT2D eigenvalue weighted by Gasteiger charge is -2.08. The monoisotopic (exact) mass is 393 g/mol. The fourth-order valence-corrected chi connectivity index (χ4v) is 4.07. The number of imidazole rings is 1. The van der Waals surface area contributed by atoms with Gasteiger partial charge in [-0.1, -0.05) is 13.3 Å². The average Bonchev–Trinajstić information content (AvgIpc) is 2.95. The van der Waals surface area contributed by atoms with Gasteiger partial charge in [0.25, 0.3) is 0 Å². The quantitative estimate of drug-likeness (QED) is 0.617. The summed E-state index contributed by atoms with van der Waals surface area (Å²) >= 11 is 1.56. The van der Waals surface area contributed by atoms with E-state index in [4.69, 9.17) is 5.14 Å². The van der Waals surface area contributed by atoms with Gasteiger partial charge in [0.1, 0.15) is 11.6 Å². The molecule has 138 valence electrons. The minimum Gasteiger partial charge on any atom is -0.327 e. The second-order valence-electron chi connectivity index (χ2n) is 5.97. The number of sulfonamides is 1. The fraction of sp³-hybridized carbons (Fsp3) is 0.278. The summed E-state index contributed by atoms with van der Waals surface area (Å²) in [7, 11) is -3.76. The highest BCUT2D eigenvalue weighted by molar-refractivity contribution is 7.98. The first kappa shape index (κ1) is 18.9. The largest absolute Gasteiger partial charge is 0.327 e. The van der Waals surface area contributed by atoms with Crippen LogP contribution in [-0.2, 0) is 22.3 Å². The number of aryl methyl sites for hydroxylation is 1. The van der Waals surface area contributed by atoms with E-state index in [1.807, 2.05) is 0 Å². The van der Waals surface area contributed by atoms with Crippen LogP contribution < -0.4 is 5.14 Å². The molecule has 3 aromatic rings. The Kier molecular flexibility index (Phi) is 5.64. The van der Waals surface area contributed by atoms with Gasteiger partial charge in [-0.15, -0.1) is 11.8 Å². The van der Waals surface area contributed by atoms with Gasteiger partial charge in [0.2, 0.25) is 10.0 Å². The summed E-state index contributed by atoms with van der Waals surface area (Å²) < 4.78 is 38.3. The van der Waals surface area contributed by atoms with Crippen molar-refractivity contribution in [2.45, 2.75) is 41.9 Å². The van der Waals surface area contributed by atoms with Gasteiger partial charge in [-0.2, -0.15) is 0 Å². The molecule has 26 heavy (non-hydrogen) atoms. The van der Waals surface area contributed by atoms with E-state index >= 15 is 0 Å². The van der Waals surface area contributed by atoms with Gasteiger partial charge in [-0.05, 0) is 48.9 Å². The Morgan fingerprint density at radius 2 is 1.92 bits per heavy atom. The fourth-order valence-electron chi connectivity index (χ4n) is 2.69. The van der Waals surface area contributed by atoms with E-state index in [-0.39, 0.29) is 10.7 Å². The maximum absolute atomic E-state index is 13.0. The molecule has 0 amide bonds. The molecule has 0 aliphatic rings. The van der Waals surface area contributed by atoms with Crippen molar-refractivity contribution in [1.29, 1.82) is 0 Å². The Hall–Kier alpha value is -1.90. The maximum Gasteiger partial charge on any atom is 0.238 e. The molecule has 3 rings (SSSR count). The molecule has 2 N–H and O–H groups in total. The van der Waals surface area contributed by atoms with E-state index in [1.54, 1.807) is 30.0 Å². The number of nitrogens with two attached hydrogens (primary N) is 1. The van der Waals surface area contributed by atoms with Crippen molar-refractivity contribution in [3.05, 3.63) is 54.1 Å². The Balaban J connectivity index is 1.94. The molecule has 1 heterocycles. The zero-order valence-corrected chi connectivity index (χ0v) is 16.0. The first-order valence-electron chi connectivity index (χ1n) is 8.29. The summed E-state index contributed by atoms with van der Waals surface area (Å²) in [4.78, 5) is 5.63. The SMILES string of the molecule is CCCCn1c(CSc2ccc(F)cc2)nc2cc(S(N)(=O)=O)ccc21. The number of hydrogen-bond donors (Lipinski definition) is 1. The molecule has 5 nitrogen and oxygen atoms in total. The summed E-state index contributed by atoms with van der Waals surface area (Å²) in [5.41, 5.74) is 1.50. The van der Waals surface area contributed by atoms with E-state index in [0.717, 1.165) is 35.6 Å². The molecule has 0 radical (unpaired) electrons. The van der Waals surface area contributed by atoms with Crippen molar-refractivity contribution in [3.63, 3.8) is 0 Å². The minimum absolute atomic E-state index is 0.0582. The first-order chi connectivity index (χ1) is 12.4. The van der Waals surface area contributed by atoms with Gasteiger partial charge in [-0.3, -0.25) is 0 Å². The predicted molar refractivity (Wildman–Crippen MR) is 102 cm³/mol. The third-order valence-electron chi connectivity index (χ3n) is 4.04. The first-order valence-corrected chi connectivity index (χ1v) is 10.8. The molecule has 0 saturated heterocycles. The van der Waals surface area contributed by atoms with Crippen LogP contribution in [0, 0.1) is 5.82 Å². The van der Waals surface area contributed by atoms with E-state index in [9.17, 15) is 12.8 Å². The Labute approximate surface area is 156 Å². The summed E-state index contributed by atoms with van der Waals surface area (Å²) in [6.45, 7) is 2.92. The van der Waals surface area contributed by atoms with Gasteiger partial charge in [0.15, 0.2) is 0 Å². The molecule has 0 spiro atoms. The van der Waals surface area contributed by atoms with Crippen molar-refractivity contribution < 1.29 is 12.8 Å². The summed E-state index contributed by atoms with van der Waals surface area (Å²) in [5, 5.41) is 5.22. The molecule has 0 bridgehead atoms. The number of unbranched alkanes of at least 4 members (excludes halogenated alkanes) is 1. The molecule has 0 aliphatic heterocycles. The van der Waals surface area contributed by atoms with Crippen LogP contribution in [-0.4, -0.2) is 18.0 Å². The van der Waals surface area contributed by atoms with Crippen LogP contribution in [0.5, 0.6) is 0 Å². The molecule has 0 aliphatic carbocycles. The van der Waals surface area contributed by atoms with E-state index in [1.165, 1.54) is 24.3 Å². The lowest BCUT2D eigenvalue weighted by atomic mass is 10.3.